The second kappa shape index (κ2) is 5.98. The van der Waals surface area contributed by atoms with Gasteiger partial charge in [0, 0.05) is 18.3 Å². The van der Waals surface area contributed by atoms with Crippen LogP contribution in [0.3, 0.4) is 0 Å². The van der Waals surface area contributed by atoms with Gasteiger partial charge in [-0.15, -0.1) is 11.6 Å². The van der Waals surface area contributed by atoms with Gasteiger partial charge in [0.25, 0.3) is 0 Å². The van der Waals surface area contributed by atoms with Gasteiger partial charge in [0.2, 0.25) is 0 Å². The summed E-state index contributed by atoms with van der Waals surface area (Å²) >= 11 is 7.68. The maximum absolute atomic E-state index is 5.93. The van der Waals surface area contributed by atoms with Gasteiger partial charge in [-0.2, -0.15) is 11.3 Å². The monoisotopic (exact) mass is 304 g/mol. The van der Waals surface area contributed by atoms with Crippen LogP contribution in [0.5, 0.6) is 0 Å². The summed E-state index contributed by atoms with van der Waals surface area (Å²) in [6.07, 6.45) is 1.84. The summed E-state index contributed by atoms with van der Waals surface area (Å²) in [5.41, 5.74) is 3.65. The lowest BCUT2D eigenvalue weighted by molar-refractivity contribution is 0.538. The third-order valence-corrected chi connectivity index (χ3v) is 4.46. The number of halogens is 1. The van der Waals surface area contributed by atoms with Crippen LogP contribution in [0, 0.1) is 0 Å². The molecule has 0 fully saturated rings. The third kappa shape index (κ3) is 2.60. The maximum Gasteiger partial charge on any atom is 0.111 e. The molecular formula is C16H17ClN2S. The highest BCUT2D eigenvalue weighted by Crippen LogP contribution is 2.24. The summed E-state index contributed by atoms with van der Waals surface area (Å²) in [6.45, 7) is 2.25. The Hall–Kier alpha value is -1.32. The minimum Gasteiger partial charge on any atom is -0.325 e. The number of hydrogen-bond acceptors (Lipinski definition) is 2. The second-order valence-electron chi connectivity index (χ2n) is 5.01. The number of hydrogen-bond donors (Lipinski definition) is 0. The van der Waals surface area contributed by atoms with Crippen molar-refractivity contribution < 1.29 is 0 Å². The molecule has 2 nitrogen and oxygen atoms in total. The Labute approximate surface area is 128 Å². The highest BCUT2D eigenvalue weighted by atomic mass is 35.5. The van der Waals surface area contributed by atoms with Crippen molar-refractivity contribution in [2.75, 3.05) is 5.88 Å². The minimum absolute atomic E-state index is 0.384. The van der Waals surface area contributed by atoms with Crippen molar-refractivity contribution in [1.82, 2.24) is 9.55 Å². The lowest BCUT2D eigenvalue weighted by Gasteiger charge is -2.17. The molecule has 0 aliphatic rings. The predicted octanol–water partition coefficient (Wildman–Crippen LogP) is 4.68. The Bertz CT molecular complexity index is 688. The van der Waals surface area contributed by atoms with E-state index in [0.717, 1.165) is 24.2 Å². The summed E-state index contributed by atoms with van der Waals surface area (Å²) in [5.74, 6) is 1.69. The number of rotatable bonds is 5. The highest BCUT2D eigenvalue weighted by Gasteiger charge is 2.15. The number of benzene rings is 1. The molecule has 0 saturated carbocycles. The third-order valence-electron chi connectivity index (χ3n) is 3.54. The molecule has 20 heavy (non-hydrogen) atoms. The topological polar surface area (TPSA) is 17.8 Å². The molecule has 0 spiro atoms. The van der Waals surface area contributed by atoms with Crippen molar-refractivity contribution in [3.63, 3.8) is 0 Å². The molecule has 0 N–H and O–H groups in total. The molecule has 0 bridgehead atoms. The largest absolute Gasteiger partial charge is 0.325 e. The number of fused-ring (bicyclic) bond motifs is 1. The van der Waals surface area contributed by atoms with Crippen LogP contribution in [-0.2, 0) is 12.8 Å². The van der Waals surface area contributed by atoms with E-state index in [1.54, 1.807) is 11.3 Å². The number of nitrogens with zero attached hydrogens (tertiary/aromatic N) is 2. The summed E-state index contributed by atoms with van der Waals surface area (Å²) in [7, 11) is 0. The number of thiophene rings is 1. The van der Waals surface area contributed by atoms with E-state index in [0.29, 0.717) is 11.9 Å². The van der Waals surface area contributed by atoms with Gasteiger partial charge >= 0.3 is 0 Å². The fourth-order valence-corrected chi connectivity index (χ4v) is 3.54. The quantitative estimate of drug-likeness (QED) is 0.626. The van der Waals surface area contributed by atoms with Crippen LogP contribution in [0.2, 0.25) is 0 Å². The average Bonchev–Trinajstić information content (AvgIpc) is 3.05. The number of imidazole rings is 1. The lowest BCUT2D eigenvalue weighted by atomic mass is 10.1. The molecule has 2 aromatic heterocycles. The van der Waals surface area contributed by atoms with Crippen molar-refractivity contribution in [2.24, 2.45) is 0 Å². The predicted molar refractivity (Wildman–Crippen MR) is 86.9 cm³/mol. The van der Waals surface area contributed by atoms with Crippen LogP contribution in [0.25, 0.3) is 11.0 Å². The Morgan fingerprint density at radius 2 is 2.15 bits per heavy atom. The SMILES string of the molecule is CC(Cc1ccsc1)n1c(CCCl)nc2ccccc21. The van der Waals surface area contributed by atoms with Crippen LogP contribution in [-0.4, -0.2) is 15.4 Å². The summed E-state index contributed by atoms with van der Waals surface area (Å²) in [4.78, 5) is 4.73. The summed E-state index contributed by atoms with van der Waals surface area (Å²) < 4.78 is 2.34. The first-order valence-corrected chi connectivity index (χ1v) is 8.30. The molecule has 1 atom stereocenters. The molecule has 104 valence electrons. The Balaban J connectivity index is 2.01. The maximum atomic E-state index is 5.93. The molecule has 3 rings (SSSR count). The van der Waals surface area contributed by atoms with Crippen LogP contribution >= 0.6 is 22.9 Å². The van der Waals surface area contributed by atoms with E-state index in [-0.39, 0.29) is 0 Å². The van der Waals surface area contributed by atoms with E-state index in [1.165, 1.54) is 11.1 Å². The average molecular weight is 305 g/mol. The molecule has 0 saturated heterocycles. The minimum atomic E-state index is 0.384. The first-order chi connectivity index (χ1) is 9.79. The molecule has 0 amide bonds. The Morgan fingerprint density at radius 3 is 2.90 bits per heavy atom. The van der Waals surface area contributed by atoms with Crippen molar-refractivity contribution in [1.29, 1.82) is 0 Å². The van der Waals surface area contributed by atoms with Crippen molar-refractivity contribution in [3.05, 3.63) is 52.5 Å². The van der Waals surface area contributed by atoms with Gasteiger partial charge in [-0.3, -0.25) is 0 Å². The van der Waals surface area contributed by atoms with E-state index in [1.807, 2.05) is 6.07 Å². The molecule has 0 aliphatic heterocycles. The standard InChI is InChI=1S/C16H17ClN2S/c1-12(10-13-7-9-20-11-13)19-15-5-3-2-4-14(15)18-16(19)6-8-17/h2-5,7,9,11-12H,6,8,10H2,1H3. The van der Waals surface area contributed by atoms with Gasteiger partial charge < -0.3 is 4.57 Å². The molecule has 1 aromatic carbocycles. The van der Waals surface area contributed by atoms with Crippen LogP contribution in [0.1, 0.15) is 24.4 Å². The van der Waals surface area contributed by atoms with Crippen molar-refractivity contribution >= 4 is 34.0 Å². The van der Waals surface area contributed by atoms with E-state index in [4.69, 9.17) is 16.6 Å². The number of alkyl halides is 1. The highest BCUT2D eigenvalue weighted by molar-refractivity contribution is 7.07. The zero-order valence-corrected chi connectivity index (χ0v) is 13.0. The molecule has 0 aliphatic carbocycles. The van der Waals surface area contributed by atoms with Crippen molar-refractivity contribution in [2.45, 2.75) is 25.8 Å². The first kappa shape index (κ1) is 13.7. The van der Waals surface area contributed by atoms with Crippen molar-refractivity contribution in [3.8, 4) is 0 Å². The molecule has 4 heteroatoms. The number of aromatic nitrogens is 2. The van der Waals surface area contributed by atoms with Crippen LogP contribution < -0.4 is 0 Å². The van der Waals surface area contributed by atoms with E-state index in [9.17, 15) is 0 Å². The molecule has 0 radical (unpaired) electrons. The number of aryl methyl sites for hydroxylation is 1. The van der Waals surface area contributed by atoms with Gasteiger partial charge in [-0.25, -0.2) is 4.98 Å². The Morgan fingerprint density at radius 1 is 1.30 bits per heavy atom. The van der Waals surface area contributed by atoms with Gasteiger partial charge in [-0.1, -0.05) is 12.1 Å². The fraction of sp³-hybridized carbons (Fsp3) is 0.312. The zero-order valence-electron chi connectivity index (χ0n) is 11.4. The van der Waals surface area contributed by atoms with Crippen LogP contribution in [0.15, 0.2) is 41.1 Å². The van der Waals surface area contributed by atoms with Gasteiger partial charge in [-0.05, 0) is 47.9 Å². The second-order valence-corrected chi connectivity index (χ2v) is 6.17. The van der Waals surface area contributed by atoms with E-state index >= 15 is 0 Å². The van der Waals surface area contributed by atoms with E-state index in [2.05, 4.69) is 46.5 Å². The molecule has 2 heterocycles. The van der Waals surface area contributed by atoms with Gasteiger partial charge in [0.15, 0.2) is 0 Å². The zero-order chi connectivity index (χ0) is 13.9. The molecule has 3 aromatic rings. The Kier molecular flexibility index (Phi) is 4.08. The van der Waals surface area contributed by atoms with Gasteiger partial charge in [0.1, 0.15) is 5.82 Å². The summed E-state index contributed by atoms with van der Waals surface area (Å²) in [5, 5.41) is 4.35. The summed E-state index contributed by atoms with van der Waals surface area (Å²) in [6, 6.07) is 10.9. The lowest BCUT2D eigenvalue weighted by Crippen LogP contribution is -2.12. The fourth-order valence-electron chi connectivity index (χ4n) is 2.69. The molecular weight excluding hydrogens is 288 g/mol. The van der Waals surface area contributed by atoms with E-state index < -0.39 is 0 Å². The smallest absolute Gasteiger partial charge is 0.111 e. The normalized spacial score (nSPS) is 12.9. The van der Waals surface area contributed by atoms with Crippen LogP contribution in [0.4, 0.5) is 0 Å². The van der Waals surface area contributed by atoms with Gasteiger partial charge in [0.05, 0.1) is 11.0 Å². The first-order valence-electron chi connectivity index (χ1n) is 6.82. The molecule has 1 unspecified atom stereocenters. The number of para-hydroxylation sites is 2.